The van der Waals surface area contributed by atoms with Crippen molar-refractivity contribution in [1.29, 1.82) is 0 Å². The van der Waals surface area contributed by atoms with E-state index in [9.17, 15) is 9.59 Å². The van der Waals surface area contributed by atoms with E-state index < -0.39 is 0 Å². The smallest absolute Gasteiger partial charge is 0.200 e. The molecule has 0 amide bonds. The van der Waals surface area contributed by atoms with E-state index in [0.717, 1.165) is 16.6 Å². The van der Waals surface area contributed by atoms with Crippen LogP contribution in [0.25, 0.3) is 10.9 Å². The molecule has 150 valence electrons. The molecule has 0 aliphatic heterocycles. The van der Waals surface area contributed by atoms with Crippen molar-refractivity contribution in [3.8, 4) is 5.75 Å². The fourth-order valence-corrected chi connectivity index (χ4v) is 3.61. The Bertz CT molecular complexity index is 1260. The second-order valence-corrected chi connectivity index (χ2v) is 7.29. The topological polar surface area (TPSA) is 48.3 Å². The van der Waals surface area contributed by atoms with Crippen molar-refractivity contribution < 1.29 is 9.53 Å². The van der Waals surface area contributed by atoms with Crippen molar-refractivity contribution in [2.24, 2.45) is 0 Å². The van der Waals surface area contributed by atoms with Crippen LogP contribution in [0.4, 0.5) is 0 Å². The van der Waals surface area contributed by atoms with E-state index in [1.54, 1.807) is 30.5 Å². The second kappa shape index (κ2) is 8.37. The van der Waals surface area contributed by atoms with Crippen LogP contribution >= 0.6 is 0 Å². The largest absolute Gasteiger partial charge is 0.494 e. The Balaban J connectivity index is 1.83. The lowest BCUT2D eigenvalue weighted by atomic mass is 10.0. The third kappa shape index (κ3) is 3.90. The summed E-state index contributed by atoms with van der Waals surface area (Å²) in [7, 11) is 0. The Hall–Kier alpha value is -3.66. The number of hydrogen-bond donors (Lipinski definition) is 0. The lowest BCUT2D eigenvalue weighted by Gasteiger charge is -2.14. The first kappa shape index (κ1) is 19.6. The van der Waals surface area contributed by atoms with Gasteiger partial charge in [-0.25, -0.2) is 0 Å². The first-order valence-electron chi connectivity index (χ1n) is 10.0. The van der Waals surface area contributed by atoms with Crippen LogP contribution in [0.1, 0.15) is 34.0 Å². The van der Waals surface area contributed by atoms with Crippen LogP contribution in [0.5, 0.6) is 5.75 Å². The van der Waals surface area contributed by atoms with Crippen LogP contribution < -0.4 is 10.2 Å². The molecule has 4 heteroatoms. The number of carbonyl (C=O) groups excluding carboxylic acids is 1. The van der Waals surface area contributed by atoms with E-state index in [1.165, 1.54) is 0 Å². The molecule has 0 saturated heterocycles. The van der Waals surface area contributed by atoms with Gasteiger partial charge in [0, 0.05) is 23.7 Å². The van der Waals surface area contributed by atoms with Gasteiger partial charge < -0.3 is 9.30 Å². The average molecular weight is 397 g/mol. The minimum Gasteiger partial charge on any atom is -0.494 e. The number of rotatable bonds is 6. The van der Waals surface area contributed by atoms with Gasteiger partial charge in [0.05, 0.1) is 17.7 Å². The molecule has 0 aliphatic carbocycles. The maximum Gasteiger partial charge on any atom is 0.200 e. The Morgan fingerprint density at radius 3 is 2.40 bits per heavy atom. The lowest BCUT2D eigenvalue weighted by molar-refractivity contribution is 0.103. The molecule has 4 rings (SSSR count). The second-order valence-electron chi connectivity index (χ2n) is 7.29. The maximum absolute atomic E-state index is 13.2. The van der Waals surface area contributed by atoms with Crippen molar-refractivity contribution in [3.63, 3.8) is 0 Å². The van der Waals surface area contributed by atoms with Crippen LogP contribution in [0.15, 0.2) is 83.8 Å². The van der Waals surface area contributed by atoms with Crippen molar-refractivity contribution in [2.45, 2.75) is 20.4 Å². The predicted molar refractivity (Wildman–Crippen MR) is 120 cm³/mol. The van der Waals surface area contributed by atoms with Crippen LogP contribution in [0, 0.1) is 6.92 Å². The quantitative estimate of drug-likeness (QED) is 0.431. The third-order valence-electron chi connectivity index (χ3n) is 5.10. The Labute approximate surface area is 175 Å². The summed E-state index contributed by atoms with van der Waals surface area (Å²) in [5.74, 6) is 0.415. The normalized spacial score (nSPS) is 10.9. The molecule has 0 saturated carbocycles. The van der Waals surface area contributed by atoms with E-state index >= 15 is 0 Å². The Kier molecular flexibility index (Phi) is 5.48. The molecule has 0 spiro atoms. The molecule has 30 heavy (non-hydrogen) atoms. The van der Waals surface area contributed by atoms with Gasteiger partial charge in [-0.3, -0.25) is 9.59 Å². The molecule has 0 bridgehead atoms. The number of hydrogen-bond acceptors (Lipinski definition) is 3. The molecule has 3 aromatic carbocycles. The molecule has 0 N–H and O–H groups in total. The van der Waals surface area contributed by atoms with Gasteiger partial charge in [-0.1, -0.05) is 42.0 Å². The van der Waals surface area contributed by atoms with E-state index in [1.807, 2.05) is 66.9 Å². The first-order valence-corrected chi connectivity index (χ1v) is 10.0. The van der Waals surface area contributed by atoms with Gasteiger partial charge in [-0.2, -0.15) is 0 Å². The number of fused-ring (bicyclic) bond motifs is 1. The van der Waals surface area contributed by atoms with Gasteiger partial charge in [0.1, 0.15) is 5.75 Å². The molecular weight excluding hydrogens is 374 g/mol. The van der Waals surface area contributed by atoms with Gasteiger partial charge in [0.25, 0.3) is 0 Å². The molecule has 1 aromatic heterocycles. The van der Waals surface area contributed by atoms with Crippen LogP contribution in [-0.4, -0.2) is 17.0 Å². The predicted octanol–water partition coefficient (Wildman–Crippen LogP) is 4.99. The monoisotopic (exact) mass is 397 g/mol. The molecule has 1 heterocycles. The number of pyridine rings is 1. The number of aromatic nitrogens is 1. The summed E-state index contributed by atoms with van der Waals surface area (Å²) in [6.45, 7) is 4.98. The third-order valence-corrected chi connectivity index (χ3v) is 5.10. The zero-order chi connectivity index (χ0) is 21.1. The summed E-state index contributed by atoms with van der Waals surface area (Å²) in [5.41, 5.74) is 3.30. The molecule has 4 aromatic rings. The van der Waals surface area contributed by atoms with Crippen molar-refractivity contribution >= 4 is 16.7 Å². The van der Waals surface area contributed by atoms with Crippen LogP contribution in [-0.2, 0) is 6.54 Å². The molecule has 4 nitrogen and oxygen atoms in total. The number of aryl methyl sites for hydroxylation is 1. The summed E-state index contributed by atoms with van der Waals surface area (Å²) in [4.78, 5) is 26.4. The molecule has 0 aliphatic rings. The fraction of sp³-hybridized carbons (Fsp3) is 0.154. The zero-order valence-corrected chi connectivity index (χ0v) is 17.1. The Morgan fingerprint density at radius 1 is 0.967 bits per heavy atom. The van der Waals surface area contributed by atoms with Gasteiger partial charge in [0.15, 0.2) is 5.78 Å². The zero-order valence-electron chi connectivity index (χ0n) is 17.1. The minimum absolute atomic E-state index is 0.174. The number of ether oxygens (including phenoxy) is 1. The average Bonchev–Trinajstić information content (AvgIpc) is 2.77. The maximum atomic E-state index is 13.2. The lowest BCUT2D eigenvalue weighted by Crippen LogP contribution is -2.20. The fourth-order valence-electron chi connectivity index (χ4n) is 3.61. The standard InChI is InChI=1S/C26H23NO3/c1-3-30-21-12-10-20(11-13-21)25(28)23-17-27(16-19-7-5-4-6-8-19)24-14-9-18(2)15-22(24)26(23)29/h4-15,17H,3,16H2,1-2H3. The van der Waals surface area contributed by atoms with Gasteiger partial charge >= 0.3 is 0 Å². The minimum atomic E-state index is -0.284. The molecule has 0 fully saturated rings. The number of benzene rings is 3. The van der Waals surface area contributed by atoms with E-state index in [4.69, 9.17) is 4.74 Å². The van der Waals surface area contributed by atoms with Gasteiger partial charge in [-0.05, 0) is 55.8 Å². The molecule has 0 atom stereocenters. The highest BCUT2D eigenvalue weighted by molar-refractivity contribution is 6.10. The SMILES string of the molecule is CCOc1ccc(C(=O)c2cn(Cc3ccccc3)c3ccc(C)cc3c2=O)cc1. The first-order chi connectivity index (χ1) is 14.6. The molecule has 0 unspecified atom stereocenters. The molecule has 0 radical (unpaired) electrons. The van der Waals surface area contributed by atoms with E-state index in [2.05, 4.69) is 0 Å². The summed E-state index contributed by atoms with van der Waals surface area (Å²) in [6, 6.07) is 22.7. The van der Waals surface area contributed by atoms with Gasteiger partial charge in [-0.15, -0.1) is 0 Å². The Morgan fingerprint density at radius 2 is 1.70 bits per heavy atom. The highest BCUT2D eigenvalue weighted by Crippen LogP contribution is 2.19. The summed E-state index contributed by atoms with van der Waals surface area (Å²) < 4.78 is 7.43. The van der Waals surface area contributed by atoms with Crippen molar-refractivity contribution in [2.75, 3.05) is 6.61 Å². The van der Waals surface area contributed by atoms with E-state index in [-0.39, 0.29) is 16.8 Å². The van der Waals surface area contributed by atoms with Gasteiger partial charge in [0.2, 0.25) is 5.43 Å². The van der Waals surface area contributed by atoms with Crippen LogP contribution in [0.2, 0.25) is 0 Å². The summed E-state index contributed by atoms with van der Waals surface area (Å²) >= 11 is 0. The number of nitrogens with zero attached hydrogens (tertiary/aromatic N) is 1. The summed E-state index contributed by atoms with van der Waals surface area (Å²) in [6.07, 6.45) is 1.69. The summed E-state index contributed by atoms with van der Waals surface area (Å²) in [5, 5.41) is 0.558. The number of carbonyl (C=O) groups is 1. The highest BCUT2D eigenvalue weighted by Gasteiger charge is 2.17. The van der Waals surface area contributed by atoms with Crippen molar-refractivity contribution in [3.05, 3.63) is 111 Å². The molecular formula is C26H23NO3. The number of ketones is 1. The van der Waals surface area contributed by atoms with Crippen LogP contribution in [0.3, 0.4) is 0 Å². The highest BCUT2D eigenvalue weighted by atomic mass is 16.5. The van der Waals surface area contributed by atoms with E-state index in [0.29, 0.717) is 29.9 Å². The van der Waals surface area contributed by atoms with Crippen molar-refractivity contribution in [1.82, 2.24) is 4.57 Å².